The van der Waals surface area contributed by atoms with Gasteiger partial charge < -0.3 is 20.5 Å². The number of aromatic hydroxyl groups is 1. The van der Waals surface area contributed by atoms with Gasteiger partial charge in [0.05, 0.1) is 18.1 Å². The molecule has 1 saturated heterocycles. The fraction of sp³-hybridized carbons (Fsp3) is 0.304. The largest absolute Gasteiger partial charge is 0.508 e. The molecule has 0 saturated carbocycles. The van der Waals surface area contributed by atoms with Gasteiger partial charge in [-0.15, -0.1) is 0 Å². The van der Waals surface area contributed by atoms with Crippen molar-refractivity contribution in [3.05, 3.63) is 65.4 Å². The predicted octanol–water partition coefficient (Wildman–Crippen LogP) is 4.67. The van der Waals surface area contributed by atoms with Crippen LogP contribution >= 0.6 is 11.6 Å². The minimum atomic E-state index is 0.181. The molecule has 2 heterocycles. The highest BCUT2D eigenvalue weighted by Crippen LogP contribution is 2.23. The summed E-state index contributed by atoms with van der Waals surface area (Å²) in [5, 5.41) is 16.6. The summed E-state index contributed by atoms with van der Waals surface area (Å²) in [6, 6.07) is 12.6. The van der Waals surface area contributed by atoms with Crippen LogP contribution in [-0.2, 0) is 6.54 Å². The lowest BCUT2D eigenvalue weighted by atomic mass is 10.2. The van der Waals surface area contributed by atoms with Crippen LogP contribution in [-0.4, -0.2) is 46.2 Å². The monoisotopic (exact) mass is 439 g/mol. The molecule has 1 aliphatic rings. The Morgan fingerprint density at radius 3 is 2.48 bits per heavy atom. The van der Waals surface area contributed by atoms with Crippen LogP contribution in [0.3, 0.4) is 0 Å². The summed E-state index contributed by atoms with van der Waals surface area (Å²) in [5.74, 6) is 1.54. The molecular formula is C23H26ClN5O2. The number of halogens is 1. The van der Waals surface area contributed by atoms with Crippen LogP contribution in [0.5, 0.6) is 11.5 Å². The van der Waals surface area contributed by atoms with Crippen molar-refractivity contribution in [1.82, 2.24) is 14.9 Å². The van der Waals surface area contributed by atoms with Gasteiger partial charge >= 0.3 is 0 Å². The highest BCUT2D eigenvalue weighted by molar-refractivity contribution is 6.31. The molecule has 1 aliphatic heterocycles. The van der Waals surface area contributed by atoms with Gasteiger partial charge in [-0.05, 0) is 74.0 Å². The molecule has 0 atom stereocenters. The Bertz CT molecular complexity index is 976. The maximum absolute atomic E-state index is 9.59. The van der Waals surface area contributed by atoms with Gasteiger partial charge in [-0.3, -0.25) is 4.90 Å². The number of aromatic nitrogens is 2. The number of benzene rings is 2. The number of anilines is 3. The lowest BCUT2D eigenvalue weighted by Gasteiger charge is -2.15. The van der Waals surface area contributed by atoms with Gasteiger partial charge in [-0.25, -0.2) is 9.97 Å². The Labute approximate surface area is 187 Å². The molecule has 0 bridgehead atoms. The first-order valence-electron chi connectivity index (χ1n) is 10.4. The van der Waals surface area contributed by atoms with Crippen LogP contribution < -0.4 is 15.4 Å². The number of likely N-dealkylation sites (tertiary alicyclic amines) is 1. The summed E-state index contributed by atoms with van der Waals surface area (Å²) >= 11 is 6.14. The molecule has 8 heteroatoms. The van der Waals surface area contributed by atoms with E-state index in [1.54, 1.807) is 30.6 Å². The molecule has 3 aromatic rings. The molecule has 0 unspecified atom stereocenters. The van der Waals surface area contributed by atoms with E-state index < -0.39 is 0 Å². The zero-order valence-electron chi connectivity index (χ0n) is 17.2. The number of ether oxygens (including phenoxy) is 1. The van der Waals surface area contributed by atoms with Crippen LogP contribution in [0.15, 0.2) is 54.9 Å². The van der Waals surface area contributed by atoms with Gasteiger partial charge in [-0.1, -0.05) is 11.6 Å². The van der Waals surface area contributed by atoms with Crippen LogP contribution in [0.4, 0.5) is 17.3 Å². The average molecular weight is 440 g/mol. The second kappa shape index (κ2) is 10.3. The van der Waals surface area contributed by atoms with Gasteiger partial charge in [0, 0.05) is 23.8 Å². The van der Waals surface area contributed by atoms with Crippen LogP contribution in [0.2, 0.25) is 5.02 Å². The van der Waals surface area contributed by atoms with Crippen molar-refractivity contribution in [2.75, 3.05) is 36.9 Å². The molecular weight excluding hydrogens is 414 g/mol. The average Bonchev–Trinajstić information content (AvgIpc) is 3.30. The highest BCUT2D eigenvalue weighted by Gasteiger charge is 2.10. The third-order valence-corrected chi connectivity index (χ3v) is 5.52. The molecule has 162 valence electrons. The number of hydrogen-bond donors (Lipinski definition) is 3. The first-order chi connectivity index (χ1) is 15.2. The van der Waals surface area contributed by atoms with Gasteiger partial charge in [0.2, 0.25) is 5.95 Å². The minimum Gasteiger partial charge on any atom is -0.508 e. The molecule has 4 rings (SSSR count). The standard InChI is InChI=1S/C23H26ClN5O2/c24-22-8-5-20(30)13-17(22)14-25-19-15-26-23(27-16-19)28-18-3-6-21(7-4-18)31-12-11-29-9-1-2-10-29/h3-8,13,15-16,25,30H,1-2,9-12,14H2,(H,26,27,28). The smallest absolute Gasteiger partial charge is 0.227 e. The van der Waals surface area contributed by atoms with Crippen molar-refractivity contribution < 1.29 is 9.84 Å². The Balaban J connectivity index is 1.25. The van der Waals surface area contributed by atoms with Crippen molar-refractivity contribution in [2.24, 2.45) is 0 Å². The maximum Gasteiger partial charge on any atom is 0.227 e. The van der Waals surface area contributed by atoms with Gasteiger partial charge in [0.25, 0.3) is 0 Å². The van der Waals surface area contributed by atoms with E-state index in [-0.39, 0.29) is 5.75 Å². The molecule has 0 aliphatic carbocycles. The SMILES string of the molecule is Oc1ccc(Cl)c(CNc2cnc(Nc3ccc(OCCN4CCCC4)cc3)nc2)c1. The van der Waals surface area contributed by atoms with E-state index in [1.165, 1.54) is 25.9 Å². The van der Waals surface area contributed by atoms with Gasteiger partial charge in [0.1, 0.15) is 18.1 Å². The molecule has 31 heavy (non-hydrogen) atoms. The van der Waals surface area contributed by atoms with E-state index >= 15 is 0 Å². The highest BCUT2D eigenvalue weighted by atomic mass is 35.5. The topological polar surface area (TPSA) is 82.5 Å². The summed E-state index contributed by atoms with van der Waals surface area (Å²) in [4.78, 5) is 11.1. The second-order valence-electron chi connectivity index (χ2n) is 7.47. The molecule has 0 spiro atoms. The number of nitrogens with zero attached hydrogens (tertiary/aromatic N) is 3. The Morgan fingerprint density at radius 1 is 1.00 bits per heavy atom. The Kier molecular flexibility index (Phi) is 7.07. The molecule has 0 amide bonds. The number of nitrogens with one attached hydrogen (secondary N) is 2. The third-order valence-electron chi connectivity index (χ3n) is 5.15. The zero-order valence-corrected chi connectivity index (χ0v) is 18.0. The molecule has 2 aromatic carbocycles. The van der Waals surface area contributed by atoms with E-state index in [0.29, 0.717) is 24.1 Å². The van der Waals surface area contributed by atoms with E-state index in [1.807, 2.05) is 24.3 Å². The van der Waals surface area contributed by atoms with Crippen molar-refractivity contribution >= 4 is 28.9 Å². The minimum absolute atomic E-state index is 0.181. The molecule has 1 fully saturated rings. The second-order valence-corrected chi connectivity index (χ2v) is 7.88. The Morgan fingerprint density at radius 2 is 1.74 bits per heavy atom. The fourth-order valence-electron chi connectivity index (χ4n) is 3.44. The summed E-state index contributed by atoms with van der Waals surface area (Å²) < 4.78 is 5.83. The van der Waals surface area contributed by atoms with E-state index in [9.17, 15) is 5.11 Å². The summed E-state index contributed by atoms with van der Waals surface area (Å²) in [6.45, 7) is 4.51. The normalized spacial score (nSPS) is 13.8. The number of phenols is 1. The summed E-state index contributed by atoms with van der Waals surface area (Å²) in [5.41, 5.74) is 2.44. The van der Waals surface area contributed by atoms with Crippen molar-refractivity contribution in [1.29, 1.82) is 0 Å². The van der Waals surface area contributed by atoms with Crippen molar-refractivity contribution in [2.45, 2.75) is 19.4 Å². The summed E-state index contributed by atoms with van der Waals surface area (Å²) in [7, 11) is 0. The van der Waals surface area contributed by atoms with Gasteiger partial charge in [-0.2, -0.15) is 0 Å². The van der Waals surface area contributed by atoms with Gasteiger partial charge in [0.15, 0.2) is 0 Å². The van der Waals surface area contributed by atoms with Crippen LogP contribution in [0.1, 0.15) is 18.4 Å². The first kappa shape index (κ1) is 21.2. The lowest BCUT2D eigenvalue weighted by Crippen LogP contribution is -2.25. The number of rotatable bonds is 9. The van der Waals surface area contributed by atoms with Crippen LogP contribution in [0.25, 0.3) is 0 Å². The zero-order chi connectivity index (χ0) is 21.5. The fourth-order valence-corrected chi connectivity index (χ4v) is 3.62. The van der Waals surface area contributed by atoms with E-state index in [2.05, 4.69) is 25.5 Å². The lowest BCUT2D eigenvalue weighted by molar-refractivity contribution is 0.238. The first-order valence-corrected chi connectivity index (χ1v) is 10.8. The van der Waals surface area contributed by atoms with Crippen molar-refractivity contribution in [3.8, 4) is 11.5 Å². The summed E-state index contributed by atoms with van der Waals surface area (Å²) in [6.07, 6.45) is 5.99. The number of phenolic OH excluding ortho intramolecular Hbond substituents is 1. The third kappa shape index (κ3) is 6.23. The molecule has 3 N–H and O–H groups in total. The molecule has 0 radical (unpaired) electrons. The Hall–Kier alpha value is -3.03. The maximum atomic E-state index is 9.59. The van der Waals surface area contributed by atoms with Crippen molar-refractivity contribution in [3.63, 3.8) is 0 Å². The van der Waals surface area contributed by atoms with E-state index in [0.717, 1.165) is 29.2 Å². The van der Waals surface area contributed by atoms with Crippen LogP contribution in [0, 0.1) is 0 Å². The van der Waals surface area contributed by atoms with E-state index in [4.69, 9.17) is 16.3 Å². The molecule has 7 nitrogen and oxygen atoms in total. The number of hydrogen-bond acceptors (Lipinski definition) is 7. The molecule has 1 aromatic heterocycles. The predicted molar refractivity (Wildman–Crippen MR) is 123 cm³/mol. The quantitative estimate of drug-likeness (QED) is 0.447.